The minimum absolute atomic E-state index is 0.788. The number of rotatable bonds is 3. The molecule has 3 rings (SSSR count). The van der Waals surface area contributed by atoms with Gasteiger partial charge in [0.25, 0.3) is 0 Å². The molecular weight excluding hydrogens is 282 g/mol. The Hall–Kier alpha value is -2.74. The fraction of sp³-hybridized carbons (Fsp3) is 0.143. The Morgan fingerprint density at radius 2 is 1.78 bits per heavy atom. The van der Waals surface area contributed by atoms with Gasteiger partial charge in [-0.2, -0.15) is 0 Å². The van der Waals surface area contributed by atoms with Crippen molar-refractivity contribution in [3.05, 3.63) is 95.9 Å². The first-order chi connectivity index (χ1) is 11.3. The number of allylic oxidation sites excluding steroid dienone is 3. The zero-order valence-electron chi connectivity index (χ0n) is 13.6. The molecule has 0 saturated heterocycles. The van der Waals surface area contributed by atoms with E-state index in [1.54, 1.807) is 13.2 Å². The van der Waals surface area contributed by atoms with Gasteiger partial charge in [-0.15, -0.1) is 0 Å². The molecule has 0 aromatic heterocycles. The third-order valence-electron chi connectivity index (χ3n) is 4.14. The maximum atomic E-state index is 5.62. The molecular formula is C21H21NO. The lowest BCUT2D eigenvalue weighted by Gasteiger charge is -2.36. The molecule has 0 spiro atoms. The van der Waals surface area contributed by atoms with Crippen LogP contribution >= 0.6 is 0 Å². The van der Waals surface area contributed by atoms with Crippen molar-refractivity contribution < 1.29 is 4.74 Å². The minimum Gasteiger partial charge on any atom is -0.495 e. The summed E-state index contributed by atoms with van der Waals surface area (Å²) in [6, 6.07) is 18.9. The van der Waals surface area contributed by atoms with E-state index in [9.17, 15) is 0 Å². The van der Waals surface area contributed by atoms with Crippen LogP contribution in [0.2, 0.25) is 0 Å². The second-order valence-electron chi connectivity index (χ2n) is 5.41. The van der Waals surface area contributed by atoms with Gasteiger partial charge in [0.2, 0.25) is 0 Å². The Labute approximate surface area is 138 Å². The molecule has 0 radical (unpaired) electrons. The van der Waals surface area contributed by atoms with Crippen LogP contribution in [-0.2, 0) is 11.2 Å². The number of ether oxygens (including phenoxy) is 1. The molecule has 1 heterocycles. The molecule has 2 nitrogen and oxygen atoms in total. The van der Waals surface area contributed by atoms with E-state index < -0.39 is 0 Å². The first kappa shape index (κ1) is 15.2. The summed E-state index contributed by atoms with van der Waals surface area (Å²) in [6.45, 7) is 6.00. The highest BCUT2D eigenvalue weighted by Gasteiger charge is 2.28. The van der Waals surface area contributed by atoms with Crippen LogP contribution in [0.1, 0.15) is 12.5 Å². The number of fused-ring (bicyclic) bond motifs is 1. The van der Waals surface area contributed by atoms with Crippen molar-refractivity contribution in [2.24, 2.45) is 0 Å². The van der Waals surface area contributed by atoms with E-state index in [0.29, 0.717) is 0 Å². The van der Waals surface area contributed by atoms with Crippen molar-refractivity contribution in [2.45, 2.75) is 13.3 Å². The Morgan fingerprint density at radius 3 is 2.43 bits per heavy atom. The van der Waals surface area contributed by atoms with Crippen LogP contribution in [0.3, 0.4) is 0 Å². The van der Waals surface area contributed by atoms with Crippen molar-refractivity contribution in [3.63, 3.8) is 0 Å². The standard InChI is InChI=1S/C21H21NO/c1-4-16-15-17-11-9-10-14-19(17)22(18-12-7-6-8-13-18)21(16)20(5-2)23-3/h4-14H,2,15H2,1,3H3/b16-4-,21-20-. The molecule has 0 unspecified atom stereocenters. The summed E-state index contributed by atoms with van der Waals surface area (Å²) in [7, 11) is 1.70. The lowest BCUT2D eigenvalue weighted by Crippen LogP contribution is -2.26. The molecule has 0 N–H and O–H groups in total. The van der Waals surface area contributed by atoms with Crippen molar-refractivity contribution in [1.82, 2.24) is 0 Å². The summed E-state index contributed by atoms with van der Waals surface area (Å²) >= 11 is 0. The lowest BCUT2D eigenvalue weighted by molar-refractivity contribution is 0.302. The zero-order valence-corrected chi connectivity index (χ0v) is 13.6. The Balaban J connectivity index is 2.32. The maximum absolute atomic E-state index is 5.62. The molecule has 23 heavy (non-hydrogen) atoms. The summed E-state index contributed by atoms with van der Waals surface area (Å²) in [5, 5.41) is 0. The van der Waals surface area contributed by atoms with E-state index in [1.165, 1.54) is 16.8 Å². The van der Waals surface area contributed by atoms with Gasteiger partial charge in [-0.3, -0.25) is 0 Å². The molecule has 1 aliphatic heterocycles. The smallest absolute Gasteiger partial charge is 0.142 e. The van der Waals surface area contributed by atoms with Crippen LogP contribution in [0.4, 0.5) is 11.4 Å². The summed E-state index contributed by atoms with van der Waals surface area (Å²) in [6.07, 6.45) is 4.83. The first-order valence-electron chi connectivity index (χ1n) is 7.79. The Kier molecular flexibility index (Phi) is 4.33. The van der Waals surface area contributed by atoms with E-state index >= 15 is 0 Å². The molecule has 116 valence electrons. The van der Waals surface area contributed by atoms with Crippen molar-refractivity contribution >= 4 is 11.4 Å². The summed E-state index contributed by atoms with van der Waals surface area (Å²) in [4.78, 5) is 2.26. The van der Waals surface area contributed by atoms with Gasteiger partial charge in [-0.1, -0.05) is 49.1 Å². The number of benzene rings is 2. The maximum Gasteiger partial charge on any atom is 0.142 e. The van der Waals surface area contributed by atoms with Gasteiger partial charge in [-0.25, -0.2) is 0 Å². The van der Waals surface area contributed by atoms with Gasteiger partial charge >= 0.3 is 0 Å². The predicted molar refractivity (Wildman–Crippen MR) is 96.7 cm³/mol. The summed E-state index contributed by atoms with van der Waals surface area (Å²) in [5.41, 5.74) is 5.92. The van der Waals surface area contributed by atoms with E-state index in [-0.39, 0.29) is 0 Å². The number of hydrogen-bond donors (Lipinski definition) is 0. The second-order valence-corrected chi connectivity index (χ2v) is 5.41. The molecule has 0 saturated carbocycles. The van der Waals surface area contributed by atoms with Crippen LogP contribution in [-0.4, -0.2) is 7.11 Å². The average molecular weight is 303 g/mol. The molecule has 1 aliphatic rings. The molecule has 2 aromatic rings. The van der Waals surface area contributed by atoms with Crippen LogP contribution in [0.15, 0.2) is 90.4 Å². The average Bonchev–Trinajstić information content (AvgIpc) is 2.62. The third-order valence-corrected chi connectivity index (χ3v) is 4.14. The number of methoxy groups -OCH3 is 1. The van der Waals surface area contributed by atoms with Gasteiger partial charge in [0.05, 0.1) is 12.8 Å². The molecule has 0 amide bonds. The second kappa shape index (κ2) is 6.57. The van der Waals surface area contributed by atoms with Gasteiger partial charge < -0.3 is 9.64 Å². The van der Waals surface area contributed by atoms with Gasteiger partial charge in [0.1, 0.15) is 5.76 Å². The predicted octanol–water partition coefficient (Wildman–Crippen LogP) is 5.37. The number of hydrogen-bond acceptors (Lipinski definition) is 2. The van der Waals surface area contributed by atoms with Gasteiger partial charge in [0, 0.05) is 17.8 Å². The van der Waals surface area contributed by atoms with Crippen LogP contribution in [0.5, 0.6) is 0 Å². The monoisotopic (exact) mass is 303 g/mol. The first-order valence-corrected chi connectivity index (χ1v) is 7.79. The number of para-hydroxylation sites is 2. The number of anilines is 2. The molecule has 0 bridgehead atoms. The molecule has 0 aliphatic carbocycles. The highest BCUT2D eigenvalue weighted by Crippen LogP contribution is 2.42. The van der Waals surface area contributed by atoms with E-state index in [1.807, 2.05) is 6.07 Å². The SMILES string of the molecule is C=C/C(OC)=C1\C(=C/C)Cc2ccccc2N1c1ccccc1. The van der Waals surface area contributed by atoms with E-state index in [4.69, 9.17) is 4.74 Å². The fourth-order valence-electron chi connectivity index (χ4n) is 3.06. The van der Waals surface area contributed by atoms with Crippen LogP contribution < -0.4 is 4.90 Å². The van der Waals surface area contributed by atoms with E-state index in [0.717, 1.165) is 23.6 Å². The van der Waals surface area contributed by atoms with Crippen molar-refractivity contribution in [2.75, 3.05) is 12.0 Å². The van der Waals surface area contributed by atoms with Crippen molar-refractivity contribution in [3.8, 4) is 0 Å². The summed E-state index contributed by atoms with van der Waals surface area (Å²) < 4.78 is 5.62. The molecule has 0 fully saturated rings. The minimum atomic E-state index is 0.788. The van der Waals surface area contributed by atoms with Gasteiger partial charge in [0.15, 0.2) is 0 Å². The number of nitrogens with zero attached hydrogens (tertiary/aromatic N) is 1. The molecule has 2 aromatic carbocycles. The topological polar surface area (TPSA) is 12.5 Å². The largest absolute Gasteiger partial charge is 0.495 e. The highest BCUT2D eigenvalue weighted by atomic mass is 16.5. The van der Waals surface area contributed by atoms with Crippen molar-refractivity contribution in [1.29, 1.82) is 0 Å². The summed E-state index contributed by atoms with van der Waals surface area (Å²) in [5.74, 6) is 0.788. The zero-order chi connectivity index (χ0) is 16.2. The van der Waals surface area contributed by atoms with Gasteiger partial charge in [-0.05, 0) is 42.3 Å². The third kappa shape index (κ3) is 2.68. The lowest BCUT2D eigenvalue weighted by atomic mass is 9.92. The Morgan fingerprint density at radius 1 is 1.09 bits per heavy atom. The normalized spacial score (nSPS) is 17.7. The van der Waals surface area contributed by atoms with Crippen LogP contribution in [0.25, 0.3) is 0 Å². The Bertz CT molecular complexity index is 771. The van der Waals surface area contributed by atoms with Crippen LogP contribution in [0, 0.1) is 0 Å². The quantitative estimate of drug-likeness (QED) is 0.707. The molecule has 2 heteroatoms. The highest BCUT2D eigenvalue weighted by molar-refractivity contribution is 5.78. The molecule has 0 atom stereocenters. The van der Waals surface area contributed by atoms with E-state index in [2.05, 4.69) is 73.0 Å². The fourth-order valence-corrected chi connectivity index (χ4v) is 3.06.